The summed E-state index contributed by atoms with van der Waals surface area (Å²) >= 11 is 1.42. The Morgan fingerprint density at radius 3 is 2.73 bits per heavy atom. The molecule has 0 radical (unpaired) electrons. The Kier molecular flexibility index (Phi) is 5.49. The summed E-state index contributed by atoms with van der Waals surface area (Å²) < 4.78 is 49.6. The topological polar surface area (TPSA) is 82.1 Å². The van der Waals surface area contributed by atoms with Crippen LogP contribution in [0.1, 0.15) is 19.8 Å². The summed E-state index contributed by atoms with van der Waals surface area (Å²) in [5, 5.41) is -0.792. The molecule has 0 saturated carbocycles. The third-order valence-corrected chi connectivity index (χ3v) is 5.70. The first-order chi connectivity index (χ1) is 10.3. The molecule has 1 N–H and O–H groups in total. The van der Waals surface area contributed by atoms with Gasteiger partial charge < -0.3 is 14.2 Å². The Labute approximate surface area is 133 Å². The van der Waals surface area contributed by atoms with Crippen molar-refractivity contribution in [2.45, 2.75) is 31.1 Å². The number of fused-ring (bicyclic) bond motifs is 1. The van der Waals surface area contributed by atoms with E-state index < -0.39 is 15.4 Å². The van der Waals surface area contributed by atoms with Gasteiger partial charge in [-0.25, -0.2) is 0 Å². The Bertz CT molecular complexity index is 708. The molecule has 2 atom stereocenters. The Balaban J connectivity index is 1.81. The lowest BCUT2D eigenvalue weighted by atomic mass is 10.2. The maximum atomic E-state index is 11.1. The van der Waals surface area contributed by atoms with Crippen LogP contribution in [0.25, 0.3) is 13.2 Å². The highest BCUT2D eigenvalue weighted by Crippen LogP contribution is 2.26. The summed E-state index contributed by atoms with van der Waals surface area (Å²) in [4.78, 5) is 0. The first-order valence-corrected chi connectivity index (χ1v) is 9.29. The average molecular weight is 348 g/mol. The van der Waals surface area contributed by atoms with Crippen molar-refractivity contribution >= 4 is 34.6 Å². The van der Waals surface area contributed by atoms with E-state index in [1.54, 1.807) is 6.92 Å². The smallest absolute Gasteiger partial charge is 0.267 e. The molecule has 2 rings (SSSR count). The summed E-state index contributed by atoms with van der Waals surface area (Å²) in [5.74, 6) is 1.25. The average Bonchev–Trinajstić information content (AvgIpc) is 2.72. The summed E-state index contributed by atoms with van der Waals surface area (Å²) in [7, 11) is -4.01. The third-order valence-electron chi connectivity index (χ3n) is 3.42. The van der Waals surface area contributed by atoms with E-state index in [4.69, 9.17) is 18.8 Å². The van der Waals surface area contributed by atoms with Gasteiger partial charge in [0.25, 0.3) is 10.1 Å². The zero-order valence-corrected chi connectivity index (χ0v) is 14.0. The number of hydrogen-bond acceptors (Lipinski definition) is 6. The van der Waals surface area contributed by atoms with Crippen LogP contribution in [-0.2, 0) is 14.9 Å². The molecule has 2 unspecified atom stereocenters. The fourth-order valence-corrected chi connectivity index (χ4v) is 3.80. The van der Waals surface area contributed by atoms with Gasteiger partial charge in [-0.05, 0) is 12.8 Å². The van der Waals surface area contributed by atoms with Gasteiger partial charge in [-0.2, -0.15) is 8.42 Å². The van der Waals surface area contributed by atoms with Crippen LogP contribution in [0.5, 0.6) is 11.5 Å². The molecule has 1 aromatic heterocycles. The van der Waals surface area contributed by atoms with E-state index in [0.29, 0.717) is 24.5 Å². The van der Waals surface area contributed by atoms with Crippen LogP contribution >= 0.6 is 11.3 Å². The largest absolute Gasteiger partial charge is 0.484 e. The van der Waals surface area contributed by atoms with Gasteiger partial charge in [-0.1, -0.05) is 20.1 Å². The van der Waals surface area contributed by atoms with Gasteiger partial charge >= 0.3 is 0 Å². The van der Waals surface area contributed by atoms with Crippen molar-refractivity contribution in [3.05, 3.63) is 9.06 Å². The van der Waals surface area contributed by atoms with Crippen LogP contribution in [-0.4, -0.2) is 44.1 Å². The van der Waals surface area contributed by atoms with Gasteiger partial charge in [0.15, 0.2) is 17.6 Å². The van der Waals surface area contributed by atoms with Gasteiger partial charge in [-0.3, -0.25) is 4.55 Å². The summed E-state index contributed by atoms with van der Waals surface area (Å²) in [5.41, 5.74) is 0. The standard InChI is InChI=1S/C14H20O6S2/c1-4-12(22(15,16)17)5-6-18-7-11-8-19-13-9(2)21-10(3)14(13)20-11/h11-12H,2-8H2,1H3,(H,15,16,17). The van der Waals surface area contributed by atoms with Gasteiger partial charge in [0, 0.05) is 6.61 Å². The maximum Gasteiger partial charge on any atom is 0.267 e. The van der Waals surface area contributed by atoms with Crippen LogP contribution < -0.4 is 18.5 Å². The molecule has 8 heteroatoms. The van der Waals surface area contributed by atoms with E-state index >= 15 is 0 Å². The van der Waals surface area contributed by atoms with E-state index in [0.717, 1.165) is 9.06 Å². The number of thiophene rings is 1. The number of ether oxygens (including phenoxy) is 3. The molecule has 6 nitrogen and oxygen atoms in total. The van der Waals surface area contributed by atoms with Crippen LogP contribution in [0.2, 0.25) is 0 Å². The quantitative estimate of drug-likeness (QED) is 0.579. The lowest BCUT2D eigenvalue weighted by Crippen LogP contribution is -2.35. The van der Waals surface area contributed by atoms with E-state index in [2.05, 4.69) is 13.2 Å². The Morgan fingerprint density at radius 1 is 1.41 bits per heavy atom. The minimum Gasteiger partial charge on any atom is -0.484 e. The van der Waals surface area contributed by atoms with Crippen LogP contribution in [0.4, 0.5) is 0 Å². The van der Waals surface area contributed by atoms with Crippen molar-refractivity contribution in [1.29, 1.82) is 0 Å². The third kappa shape index (κ3) is 4.01. The summed E-state index contributed by atoms with van der Waals surface area (Å²) in [6, 6.07) is 0. The molecule has 124 valence electrons. The molecular weight excluding hydrogens is 328 g/mol. The van der Waals surface area contributed by atoms with Crippen molar-refractivity contribution < 1.29 is 27.2 Å². The molecule has 0 amide bonds. The molecule has 0 bridgehead atoms. The monoisotopic (exact) mass is 348 g/mol. The van der Waals surface area contributed by atoms with Crippen LogP contribution in [0.3, 0.4) is 0 Å². The Morgan fingerprint density at radius 2 is 2.09 bits per heavy atom. The second-order valence-electron chi connectivity index (χ2n) is 5.07. The van der Waals surface area contributed by atoms with Crippen molar-refractivity contribution in [2.75, 3.05) is 19.8 Å². The molecule has 0 spiro atoms. The van der Waals surface area contributed by atoms with Gasteiger partial charge in [0.1, 0.15) is 6.61 Å². The minimum atomic E-state index is -4.01. The molecule has 1 aliphatic rings. The van der Waals surface area contributed by atoms with Crippen LogP contribution in [0, 0.1) is 0 Å². The van der Waals surface area contributed by atoms with Crippen molar-refractivity contribution in [2.24, 2.45) is 0 Å². The second kappa shape index (κ2) is 6.99. The highest BCUT2D eigenvalue weighted by atomic mass is 32.2. The fraction of sp³-hybridized carbons (Fsp3) is 0.571. The van der Waals surface area contributed by atoms with E-state index in [1.807, 2.05) is 0 Å². The molecule has 22 heavy (non-hydrogen) atoms. The highest BCUT2D eigenvalue weighted by Gasteiger charge is 2.25. The zero-order chi connectivity index (χ0) is 16.3. The molecule has 0 fully saturated rings. The summed E-state index contributed by atoms with van der Waals surface area (Å²) in [6.07, 6.45) is 0.324. The predicted octanol–water partition coefficient (Wildman–Crippen LogP) is 0.782. The number of rotatable bonds is 7. The molecule has 1 aromatic rings. The van der Waals surface area contributed by atoms with Gasteiger partial charge in [0.05, 0.1) is 20.9 Å². The summed E-state index contributed by atoms with van der Waals surface area (Å²) in [6.45, 7) is 10.3. The lowest BCUT2D eigenvalue weighted by Gasteiger charge is -2.24. The molecule has 0 aliphatic carbocycles. The van der Waals surface area contributed by atoms with Crippen LogP contribution in [0.15, 0.2) is 0 Å². The van der Waals surface area contributed by atoms with Crippen molar-refractivity contribution in [3.63, 3.8) is 0 Å². The molecule has 1 aliphatic heterocycles. The second-order valence-corrected chi connectivity index (χ2v) is 7.95. The first kappa shape index (κ1) is 17.3. The minimum absolute atomic E-state index is 0.229. The SMILES string of the molecule is C=c1sc(=C)c2c1OCC(COCCC(CC)S(=O)(=O)O)O2. The first-order valence-electron chi connectivity index (χ1n) is 6.97. The van der Waals surface area contributed by atoms with Crippen molar-refractivity contribution in [1.82, 2.24) is 0 Å². The lowest BCUT2D eigenvalue weighted by molar-refractivity contribution is 0.00773. The van der Waals surface area contributed by atoms with E-state index in [-0.39, 0.29) is 25.7 Å². The normalized spacial score (nSPS) is 19.1. The van der Waals surface area contributed by atoms with E-state index in [9.17, 15) is 8.42 Å². The molecule has 0 aromatic carbocycles. The molecule has 2 heterocycles. The van der Waals surface area contributed by atoms with Crippen molar-refractivity contribution in [3.8, 4) is 11.5 Å². The molecule has 0 saturated heterocycles. The predicted molar refractivity (Wildman–Crippen MR) is 85.6 cm³/mol. The Hall–Kier alpha value is -1.09. The fourth-order valence-electron chi connectivity index (χ4n) is 2.21. The van der Waals surface area contributed by atoms with Gasteiger partial charge in [0.2, 0.25) is 0 Å². The van der Waals surface area contributed by atoms with E-state index in [1.165, 1.54) is 11.3 Å². The maximum absolute atomic E-state index is 11.1. The zero-order valence-electron chi connectivity index (χ0n) is 12.4. The van der Waals surface area contributed by atoms with Gasteiger partial charge in [-0.15, -0.1) is 11.3 Å². The number of hydrogen-bond donors (Lipinski definition) is 1. The molecular formula is C14H20O6S2. The highest BCUT2D eigenvalue weighted by molar-refractivity contribution is 7.86.